The molecule has 3 aromatic rings. The van der Waals surface area contributed by atoms with Crippen molar-refractivity contribution in [2.24, 2.45) is 5.16 Å². The minimum Gasteiger partial charge on any atom is -0.411 e. The van der Waals surface area contributed by atoms with Crippen molar-refractivity contribution in [3.05, 3.63) is 67.0 Å². The Morgan fingerprint density at radius 2 is 2.00 bits per heavy atom. The van der Waals surface area contributed by atoms with Crippen LogP contribution in [0.1, 0.15) is 21.6 Å². The number of hydrogen-bond donors (Lipinski definition) is 2. The van der Waals surface area contributed by atoms with Crippen LogP contribution in [0.2, 0.25) is 15.1 Å². The molecule has 144 valence electrons. The van der Waals surface area contributed by atoms with Crippen molar-refractivity contribution in [3.8, 4) is 5.82 Å². The van der Waals surface area contributed by atoms with Gasteiger partial charge in [-0.05, 0) is 46.6 Å². The van der Waals surface area contributed by atoms with E-state index in [1.807, 2.05) is 0 Å². The van der Waals surface area contributed by atoms with Gasteiger partial charge >= 0.3 is 0 Å². The van der Waals surface area contributed by atoms with Gasteiger partial charge in [0.25, 0.3) is 5.91 Å². The van der Waals surface area contributed by atoms with Crippen LogP contribution in [0.5, 0.6) is 0 Å². The lowest BCUT2D eigenvalue weighted by Crippen LogP contribution is -2.19. The lowest BCUT2D eigenvalue weighted by atomic mass is 10.1. The SMILES string of the molecule is Cc1cc(Cl)cc(/C=N/O)c1NC(=O)c1cc(Br)nn1-c1ncc(Cl)cc1Cl. The largest absolute Gasteiger partial charge is 0.411 e. The molecule has 2 heterocycles. The van der Waals surface area contributed by atoms with Gasteiger partial charge in [0, 0.05) is 22.8 Å². The number of hydrogen-bond acceptors (Lipinski definition) is 5. The van der Waals surface area contributed by atoms with Gasteiger partial charge in [-0.15, -0.1) is 0 Å². The molecule has 0 aliphatic rings. The van der Waals surface area contributed by atoms with Crippen molar-refractivity contribution in [3.63, 3.8) is 0 Å². The van der Waals surface area contributed by atoms with Crippen LogP contribution in [0.4, 0.5) is 5.69 Å². The van der Waals surface area contributed by atoms with Gasteiger partial charge in [-0.3, -0.25) is 4.79 Å². The number of pyridine rings is 1. The Bertz CT molecular complexity index is 1100. The third-order valence-electron chi connectivity index (χ3n) is 3.67. The summed E-state index contributed by atoms with van der Waals surface area (Å²) in [5, 5.41) is 19.9. The molecule has 1 amide bonds. The van der Waals surface area contributed by atoms with Crippen LogP contribution < -0.4 is 5.32 Å². The number of rotatable bonds is 4. The first-order valence-corrected chi connectivity index (χ1v) is 9.58. The quantitative estimate of drug-likeness (QED) is 0.285. The summed E-state index contributed by atoms with van der Waals surface area (Å²) in [4.78, 5) is 17.1. The van der Waals surface area contributed by atoms with Crippen molar-refractivity contribution in [1.82, 2.24) is 14.8 Å². The fourth-order valence-electron chi connectivity index (χ4n) is 2.52. The summed E-state index contributed by atoms with van der Waals surface area (Å²) in [7, 11) is 0. The van der Waals surface area contributed by atoms with Crippen LogP contribution in [0.25, 0.3) is 5.82 Å². The van der Waals surface area contributed by atoms with E-state index in [4.69, 9.17) is 40.0 Å². The molecule has 0 atom stereocenters. The number of nitrogens with zero attached hydrogens (tertiary/aromatic N) is 4. The van der Waals surface area contributed by atoms with Gasteiger partial charge in [0.1, 0.15) is 10.3 Å². The van der Waals surface area contributed by atoms with Crippen LogP contribution in [-0.4, -0.2) is 32.1 Å². The summed E-state index contributed by atoms with van der Waals surface area (Å²) < 4.78 is 1.71. The monoisotopic (exact) mass is 501 g/mol. The maximum atomic E-state index is 13.0. The summed E-state index contributed by atoms with van der Waals surface area (Å²) >= 11 is 21.4. The zero-order valence-corrected chi connectivity index (χ0v) is 18.0. The molecule has 0 aliphatic heterocycles. The van der Waals surface area contributed by atoms with Gasteiger partial charge in [-0.1, -0.05) is 40.0 Å². The number of carbonyl (C=O) groups excluding carboxylic acids is 1. The maximum absolute atomic E-state index is 13.0. The van der Waals surface area contributed by atoms with E-state index in [0.717, 1.165) is 0 Å². The minimum atomic E-state index is -0.482. The Hall–Kier alpha value is -2.13. The van der Waals surface area contributed by atoms with Crippen LogP contribution in [0.3, 0.4) is 0 Å². The highest BCUT2D eigenvalue weighted by atomic mass is 79.9. The van der Waals surface area contributed by atoms with Crippen molar-refractivity contribution in [1.29, 1.82) is 0 Å². The number of benzene rings is 1. The van der Waals surface area contributed by atoms with Gasteiger partial charge in [0.2, 0.25) is 0 Å². The first kappa shape index (κ1) is 20.6. The predicted octanol–water partition coefficient (Wildman–Crippen LogP) is 5.36. The highest BCUT2D eigenvalue weighted by Gasteiger charge is 2.20. The molecule has 2 aromatic heterocycles. The molecular formula is C17H11BrCl3N5O2. The molecule has 7 nitrogen and oxygen atoms in total. The smallest absolute Gasteiger partial charge is 0.274 e. The standard InChI is InChI=1S/C17H11BrCl3N5O2/c1-8-2-10(19)3-9(6-23-28)15(8)24-17(27)13-5-14(18)25-26(13)16-12(21)4-11(20)7-22-16/h2-7,28H,1H3,(H,24,27)/b23-6+. The number of carbonyl (C=O) groups is 1. The molecule has 0 aliphatic carbocycles. The summed E-state index contributed by atoms with van der Waals surface area (Å²) in [6, 6.07) is 6.26. The van der Waals surface area contributed by atoms with Crippen LogP contribution in [0.15, 0.2) is 40.2 Å². The van der Waals surface area contributed by atoms with Gasteiger partial charge < -0.3 is 10.5 Å². The van der Waals surface area contributed by atoms with Gasteiger partial charge in [0.05, 0.1) is 21.9 Å². The number of aryl methyl sites for hydroxylation is 1. The fourth-order valence-corrected chi connectivity index (χ4v) is 3.64. The highest BCUT2D eigenvalue weighted by Crippen LogP contribution is 2.27. The zero-order chi connectivity index (χ0) is 20.4. The van der Waals surface area contributed by atoms with E-state index in [2.05, 4.69) is 36.5 Å². The Balaban J connectivity index is 2.04. The van der Waals surface area contributed by atoms with E-state index < -0.39 is 5.91 Å². The first-order chi connectivity index (χ1) is 13.3. The van der Waals surface area contributed by atoms with Crippen molar-refractivity contribution in [2.75, 3.05) is 5.32 Å². The molecule has 0 radical (unpaired) electrons. The average Bonchev–Trinajstić information content (AvgIpc) is 2.99. The third kappa shape index (κ3) is 4.30. The maximum Gasteiger partial charge on any atom is 0.274 e. The lowest BCUT2D eigenvalue weighted by Gasteiger charge is -2.13. The number of anilines is 1. The summed E-state index contributed by atoms with van der Waals surface area (Å²) in [6.07, 6.45) is 2.58. The van der Waals surface area contributed by atoms with Crippen molar-refractivity contribution in [2.45, 2.75) is 6.92 Å². The molecule has 3 rings (SSSR count). The summed E-state index contributed by atoms with van der Waals surface area (Å²) in [5.74, 6) is -0.240. The Morgan fingerprint density at radius 3 is 2.68 bits per heavy atom. The zero-order valence-electron chi connectivity index (χ0n) is 14.1. The first-order valence-electron chi connectivity index (χ1n) is 7.66. The molecule has 0 bridgehead atoms. The summed E-state index contributed by atoms with van der Waals surface area (Å²) in [5.41, 5.74) is 1.73. The Labute approximate surface area is 183 Å². The van der Waals surface area contributed by atoms with Gasteiger partial charge in [-0.25, -0.2) is 9.67 Å². The van der Waals surface area contributed by atoms with Gasteiger partial charge in [0.15, 0.2) is 5.82 Å². The predicted molar refractivity (Wildman–Crippen MR) is 113 cm³/mol. The van der Waals surface area contributed by atoms with E-state index in [-0.39, 0.29) is 16.5 Å². The van der Waals surface area contributed by atoms with Crippen LogP contribution in [0, 0.1) is 6.92 Å². The van der Waals surface area contributed by atoms with E-state index >= 15 is 0 Å². The number of halogens is 4. The molecule has 0 unspecified atom stereocenters. The van der Waals surface area contributed by atoms with E-state index in [9.17, 15) is 4.79 Å². The number of aromatic nitrogens is 3. The molecule has 0 saturated carbocycles. The topological polar surface area (TPSA) is 92.4 Å². The molecular weight excluding hydrogens is 492 g/mol. The highest BCUT2D eigenvalue weighted by molar-refractivity contribution is 9.10. The second-order valence-electron chi connectivity index (χ2n) is 5.61. The molecule has 0 saturated heterocycles. The summed E-state index contributed by atoms with van der Waals surface area (Å²) in [6.45, 7) is 1.76. The van der Waals surface area contributed by atoms with Crippen LogP contribution in [-0.2, 0) is 0 Å². The van der Waals surface area contributed by atoms with Crippen molar-refractivity contribution >= 4 is 68.5 Å². The molecule has 0 fully saturated rings. The van der Waals surface area contributed by atoms with E-state index in [0.29, 0.717) is 31.5 Å². The minimum absolute atomic E-state index is 0.171. The molecule has 11 heteroatoms. The molecule has 28 heavy (non-hydrogen) atoms. The van der Waals surface area contributed by atoms with Crippen LogP contribution >= 0.6 is 50.7 Å². The third-order valence-corrected chi connectivity index (χ3v) is 4.76. The van der Waals surface area contributed by atoms with Crippen molar-refractivity contribution < 1.29 is 10.0 Å². The van der Waals surface area contributed by atoms with E-state index in [1.54, 1.807) is 19.1 Å². The molecule has 2 N–H and O–H groups in total. The molecule has 0 spiro atoms. The molecule has 1 aromatic carbocycles. The number of amides is 1. The normalized spacial score (nSPS) is 11.2. The average molecular weight is 504 g/mol. The Morgan fingerprint density at radius 1 is 1.25 bits per heavy atom. The second-order valence-corrected chi connectivity index (χ2v) is 7.70. The lowest BCUT2D eigenvalue weighted by molar-refractivity contribution is 0.101. The Kier molecular flexibility index (Phi) is 6.24. The number of nitrogens with one attached hydrogen (secondary N) is 1. The van der Waals surface area contributed by atoms with E-state index in [1.165, 1.54) is 29.2 Å². The number of oxime groups is 1. The second kappa shape index (κ2) is 8.48. The van der Waals surface area contributed by atoms with Gasteiger partial charge in [-0.2, -0.15) is 5.10 Å². The fraction of sp³-hybridized carbons (Fsp3) is 0.0588.